The van der Waals surface area contributed by atoms with Gasteiger partial charge in [0.05, 0.1) is 0 Å². The highest BCUT2D eigenvalue weighted by atomic mass is 16.5. The Morgan fingerprint density at radius 1 is 1.50 bits per heavy atom. The molecule has 1 aromatic rings. The van der Waals surface area contributed by atoms with Crippen LogP contribution in [0, 0.1) is 0 Å². The van der Waals surface area contributed by atoms with Crippen molar-refractivity contribution in [3.05, 3.63) is 26.5 Å². The van der Waals surface area contributed by atoms with Gasteiger partial charge in [-0.05, 0) is 0 Å². The molecule has 10 heavy (non-hydrogen) atoms. The summed E-state index contributed by atoms with van der Waals surface area (Å²) in [6.45, 7) is 1.16. The van der Waals surface area contributed by atoms with Crippen molar-refractivity contribution in [2.75, 3.05) is 0 Å². The lowest BCUT2D eigenvalue weighted by atomic mass is 10.3. The molecule has 0 unspecified atom stereocenters. The zero-order valence-corrected chi connectivity index (χ0v) is 5.21. The minimum atomic E-state index is -0.727. The number of esters is 1. The molecule has 0 aliphatic rings. The van der Waals surface area contributed by atoms with Crippen LogP contribution >= 0.6 is 0 Å². The molecule has 0 radical (unpaired) electrons. The molecule has 0 fully saturated rings. The van der Waals surface area contributed by atoms with E-state index in [2.05, 4.69) is 4.74 Å². The summed E-state index contributed by atoms with van der Waals surface area (Å²) < 4.78 is 4.32. The molecule has 0 aliphatic heterocycles. The van der Waals surface area contributed by atoms with Crippen LogP contribution in [0.2, 0.25) is 0 Å². The number of hydrogen-bond acceptors (Lipinski definition) is 4. The molecule has 0 N–H and O–H groups in total. The van der Waals surface area contributed by atoms with Crippen LogP contribution in [0.15, 0.2) is 15.7 Å². The van der Waals surface area contributed by atoms with Crippen LogP contribution in [0.5, 0.6) is 5.75 Å². The summed E-state index contributed by atoms with van der Waals surface area (Å²) in [5.74, 6) is -0.746. The summed E-state index contributed by atoms with van der Waals surface area (Å²) in [7, 11) is 0. The van der Waals surface area contributed by atoms with Crippen LogP contribution < -0.4 is 15.6 Å². The summed E-state index contributed by atoms with van der Waals surface area (Å²) in [5.41, 5.74) is -1.34. The topological polar surface area (TPSA) is 60.4 Å². The number of ether oxygens (including phenoxy) is 1. The first-order valence-corrected chi connectivity index (χ1v) is 2.60. The Kier molecular flexibility index (Phi) is 1.37. The smallest absolute Gasteiger partial charge is 0.308 e. The molecular formula is C6H4O4. The van der Waals surface area contributed by atoms with Gasteiger partial charge in [0.15, 0.2) is 5.75 Å². The average Bonchev–Trinajstić information content (AvgIpc) is 1.86. The first-order chi connectivity index (χ1) is 4.61. The Morgan fingerprint density at radius 2 is 2.10 bits per heavy atom. The molecule has 1 aromatic carbocycles. The highest BCUT2D eigenvalue weighted by molar-refractivity contribution is 5.69. The minimum absolute atomic E-state index is 0.155. The van der Waals surface area contributed by atoms with Crippen molar-refractivity contribution in [3.8, 4) is 5.75 Å². The van der Waals surface area contributed by atoms with E-state index in [1.54, 1.807) is 0 Å². The molecule has 0 saturated heterocycles. The van der Waals surface area contributed by atoms with Gasteiger partial charge in [-0.3, -0.25) is 14.4 Å². The van der Waals surface area contributed by atoms with Crippen LogP contribution in [0.25, 0.3) is 0 Å². The third-order valence-corrected chi connectivity index (χ3v) is 0.963. The monoisotopic (exact) mass is 140 g/mol. The predicted molar refractivity (Wildman–Crippen MR) is 32.7 cm³/mol. The second-order valence-electron chi connectivity index (χ2n) is 1.80. The highest BCUT2D eigenvalue weighted by Gasteiger charge is 2.11. The van der Waals surface area contributed by atoms with E-state index >= 15 is 0 Å². The van der Waals surface area contributed by atoms with Crippen molar-refractivity contribution < 1.29 is 9.53 Å². The third kappa shape index (κ3) is 0.953. The quantitative estimate of drug-likeness (QED) is 0.378. The van der Waals surface area contributed by atoms with Gasteiger partial charge in [-0.2, -0.15) is 0 Å². The Balaban J connectivity index is 2.83. The van der Waals surface area contributed by atoms with Crippen LogP contribution in [-0.2, 0) is 4.79 Å². The summed E-state index contributed by atoms with van der Waals surface area (Å²) >= 11 is 0. The lowest BCUT2D eigenvalue weighted by Crippen LogP contribution is -2.31. The zero-order chi connectivity index (χ0) is 7.72. The zero-order valence-electron chi connectivity index (χ0n) is 5.21. The van der Waals surface area contributed by atoms with Gasteiger partial charge in [-0.15, -0.1) is 0 Å². The van der Waals surface area contributed by atoms with Crippen molar-refractivity contribution in [2.24, 2.45) is 0 Å². The molecule has 0 bridgehead atoms. The van der Waals surface area contributed by atoms with Gasteiger partial charge in [0.2, 0.25) is 5.43 Å². The maximum absolute atomic E-state index is 10.4. The van der Waals surface area contributed by atoms with Crippen molar-refractivity contribution in [2.45, 2.75) is 6.92 Å². The van der Waals surface area contributed by atoms with Crippen molar-refractivity contribution in [1.82, 2.24) is 0 Å². The van der Waals surface area contributed by atoms with Crippen molar-refractivity contribution in [1.29, 1.82) is 0 Å². The molecule has 4 heteroatoms. The van der Waals surface area contributed by atoms with E-state index in [4.69, 9.17) is 0 Å². The third-order valence-electron chi connectivity index (χ3n) is 0.963. The molecule has 0 aliphatic carbocycles. The average molecular weight is 140 g/mol. The van der Waals surface area contributed by atoms with Gasteiger partial charge in [0, 0.05) is 13.0 Å². The molecular weight excluding hydrogens is 136 g/mol. The molecule has 0 heterocycles. The molecule has 0 aromatic heterocycles. The molecule has 52 valence electrons. The molecule has 0 atom stereocenters. The number of rotatable bonds is 1. The second kappa shape index (κ2) is 2.06. The van der Waals surface area contributed by atoms with E-state index < -0.39 is 16.8 Å². The van der Waals surface area contributed by atoms with E-state index in [-0.39, 0.29) is 5.75 Å². The van der Waals surface area contributed by atoms with Gasteiger partial charge in [-0.1, -0.05) is 0 Å². The lowest BCUT2D eigenvalue weighted by molar-refractivity contribution is -0.132. The Bertz CT molecular complexity index is 329. The number of hydrogen-bond donors (Lipinski definition) is 0. The standard InChI is InChI=1S/C6H4O4/c1-3(7)10-5-2-4(8)6(5)9/h2H,1H3. The molecule has 1 rings (SSSR count). The van der Waals surface area contributed by atoms with E-state index in [9.17, 15) is 14.4 Å². The van der Waals surface area contributed by atoms with E-state index in [1.807, 2.05) is 0 Å². The van der Waals surface area contributed by atoms with Crippen LogP contribution in [-0.4, -0.2) is 5.97 Å². The Hall–Kier alpha value is -1.45. The minimum Gasteiger partial charge on any atom is -0.422 e. The summed E-state index contributed by atoms with van der Waals surface area (Å²) in [6, 6.07) is 0.990. The van der Waals surface area contributed by atoms with E-state index in [0.717, 1.165) is 13.0 Å². The lowest BCUT2D eigenvalue weighted by Gasteiger charge is -1.98. The molecule has 4 nitrogen and oxygen atoms in total. The Labute approximate surface area is 55.7 Å². The first kappa shape index (κ1) is 6.67. The fraction of sp³-hybridized carbons (Fsp3) is 0.167. The molecule has 0 amide bonds. The van der Waals surface area contributed by atoms with Crippen LogP contribution in [0.1, 0.15) is 6.92 Å². The van der Waals surface area contributed by atoms with Gasteiger partial charge in [0.25, 0.3) is 5.43 Å². The second-order valence-corrected chi connectivity index (χ2v) is 1.80. The summed E-state index contributed by atoms with van der Waals surface area (Å²) in [4.78, 5) is 30.8. The Morgan fingerprint density at radius 3 is 2.40 bits per heavy atom. The van der Waals surface area contributed by atoms with Gasteiger partial charge >= 0.3 is 5.97 Å². The van der Waals surface area contributed by atoms with Crippen molar-refractivity contribution in [3.63, 3.8) is 0 Å². The molecule has 0 saturated carbocycles. The SMILES string of the molecule is CC(=O)Oc1cc(=O)c1=O. The highest BCUT2D eigenvalue weighted by Crippen LogP contribution is 1.98. The largest absolute Gasteiger partial charge is 0.422 e. The number of carbonyl (C=O) groups excluding carboxylic acids is 1. The summed E-state index contributed by atoms with van der Waals surface area (Å²) in [5, 5.41) is 0. The van der Waals surface area contributed by atoms with Gasteiger partial charge < -0.3 is 4.74 Å². The predicted octanol–water partition coefficient (Wildman–Crippen LogP) is -0.792. The van der Waals surface area contributed by atoms with Gasteiger partial charge in [0.1, 0.15) is 0 Å². The van der Waals surface area contributed by atoms with Crippen LogP contribution in [0.3, 0.4) is 0 Å². The van der Waals surface area contributed by atoms with Crippen LogP contribution in [0.4, 0.5) is 0 Å². The molecule has 0 spiro atoms. The summed E-state index contributed by atoms with van der Waals surface area (Å²) in [6.07, 6.45) is 0. The normalized spacial score (nSPS) is 9.70. The van der Waals surface area contributed by atoms with Crippen molar-refractivity contribution >= 4 is 5.97 Å². The fourth-order valence-corrected chi connectivity index (χ4v) is 0.524. The van der Waals surface area contributed by atoms with Gasteiger partial charge in [-0.25, -0.2) is 0 Å². The fourth-order valence-electron chi connectivity index (χ4n) is 0.524. The van der Waals surface area contributed by atoms with E-state index in [1.165, 1.54) is 0 Å². The maximum Gasteiger partial charge on any atom is 0.308 e. The van der Waals surface area contributed by atoms with E-state index in [0.29, 0.717) is 0 Å². The number of carbonyl (C=O) groups is 1. The first-order valence-electron chi connectivity index (χ1n) is 2.60. The maximum atomic E-state index is 10.4.